The Balaban J connectivity index is 1.91. The fourth-order valence-corrected chi connectivity index (χ4v) is 4.93. The molecule has 1 aliphatic rings. The third-order valence-corrected chi connectivity index (χ3v) is 6.71. The number of benzene rings is 1. The first-order chi connectivity index (χ1) is 13.5. The number of hydrogen-bond acceptors (Lipinski definition) is 5. The molecule has 1 saturated carbocycles. The molecule has 3 aromatic rings. The maximum Gasteiger partial charge on any atom is 0.332 e. The molecule has 1 aromatic carbocycles. The van der Waals surface area contributed by atoms with Gasteiger partial charge >= 0.3 is 5.69 Å². The topological polar surface area (TPSA) is 69.8 Å². The monoisotopic (exact) mass is 396 g/mol. The molecule has 0 radical (unpaired) electrons. The van der Waals surface area contributed by atoms with Crippen molar-refractivity contribution in [2.45, 2.75) is 48.8 Å². The number of thioether (sulfide) groups is 1. The zero-order valence-electron chi connectivity index (χ0n) is 16.4. The van der Waals surface area contributed by atoms with E-state index in [1.165, 1.54) is 30.0 Å². The van der Waals surface area contributed by atoms with Gasteiger partial charge in [-0.3, -0.25) is 13.9 Å². The molecule has 1 aliphatic carbocycles. The van der Waals surface area contributed by atoms with Gasteiger partial charge in [0.25, 0.3) is 5.56 Å². The summed E-state index contributed by atoms with van der Waals surface area (Å²) in [7, 11) is 3.18. The maximum atomic E-state index is 12.9. The molecular formula is C21H24N4O2S. The lowest BCUT2D eigenvalue weighted by molar-refractivity contribution is 0.648. The van der Waals surface area contributed by atoms with E-state index in [2.05, 4.69) is 24.0 Å². The van der Waals surface area contributed by atoms with Crippen LogP contribution in [0.4, 0.5) is 0 Å². The van der Waals surface area contributed by atoms with E-state index in [0.29, 0.717) is 22.0 Å². The second-order valence-electron chi connectivity index (χ2n) is 7.44. The average Bonchev–Trinajstić information content (AvgIpc) is 3.25. The predicted octanol–water partition coefficient (Wildman–Crippen LogP) is 3.54. The molecule has 0 bridgehead atoms. The van der Waals surface area contributed by atoms with Crippen LogP contribution < -0.4 is 11.2 Å². The standard InChI is InChI=1S/C21H24N4O2S/c1-13(14-9-5-4-6-10-14)28-19-16-18(24(2)21(27)25(3)20(16)26)22-17(23-19)15-11-7-8-12-15/h4-6,9-10,13,15H,7-8,11-12H2,1-3H3/t13-/m0/s1. The maximum absolute atomic E-state index is 12.9. The molecular weight excluding hydrogens is 372 g/mol. The number of aromatic nitrogens is 4. The van der Waals surface area contributed by atoms with Gasteiger partial charge in [-0.05, 0) is 25.3 Å². The molecule has 0 saturated heterocycles. The van der Waals surface area contributed by atoms with Crippen molar-refractivity contribution >= 4 is 22.8 Å². The first kappa shape index (κ1) is 18.9. The number of rotatable bonds is 4. The molecule has 6 nitrogen and oxygen atoms in total. The normalized spacial score (nSPS) is 16.0. The predicted molar refractivity (Wildman–Crippen MR) is 112 cm³/mol. The van der Waals surface area contributed by atoms with Crippen molar-refractivity contribution in [2.75, 3.05) is 0 Å². The summed E-state index contributed by atoms with van der Waals surface area (Å²) in [5, 5.41) is 1.22. The van der Waals surface area contributed by atoms with Gasteiger partial charge < -0.3 is 0 Å². The van der Waals surface area contributed by atoms with Crippen LogP contribution in [-0.2, 0) is 14.1 Å². The molecule has 0 spiro atoms. The van der Waals surface area contributed by atoms with Crippen LogP contribution in [0.25, 0.3) is 11.0 Å². The lowest BCUT2D eigenvalue weighted by Gasteiger charge is -2.17. The van der Waals surface area contributed by atoms with Gasteiger partial charge in [-0.25, -0.2) is 14.8 Å². The minimum Gasteiger partial charge on any atom is -0.280 e. The van der Waals surface area contributed by atoms with Crippen LogP contribution >= 0.6 is 11.8 Å². The molecule has 1 fully saturated rings. The zero-order chi connectivity index (χ0) is 19.8. The largest absolute Gasteiger partial charge is 0.332 e. The molecule has 0 amide bonds. The number of aryl methyl sites for hydroxylation is 1. The van der Waals surface area contributed by atoms with E-state index in [-0.39, 0.29) is 16.5 Å². The fraction of sp³-hybridized carbons (Fsp3) is 0.429. The molecule has 0 unspecified atom stereocenters. The van der Waals surface area contributed by atoms with Gasteiger partial charge in [-0.15, -0.1) is 0 Å². The Morgan fingerprint density at radius 2 is 1.71 bits per heavy atom. The van der Waals surface area contributed by atoms with E-state index in [0.717, 1.165) is 23.2 Å². The number of fused-ring (bicyclic) bond motifs is 1. The van der Waals surface area contributed by atoms with Gasteiger partial charge in [0.05, 0.1) is 0 Å². The Morgan fingerprint density at radius 3 is 2.39 bits per heavy atom. The van der Waals surface area contributed by atoms with Crippen molar-refractivity contribution in [3.8, 4) is 0 Å². The zero-order valence-corrected chi connectivity index (χ0v) is 17.2. The molecule has 2 aromatic heterocycles. The van der Waals surface area contributed by atoms with Crippen LogP contribution in [-0.4, -0.2) is 19.1 Å². The van der Waals surface area contributed by atoms with Crippen molar-refractivity contribution in [1.29, 1.82) is 0 Å². The van der Waals surface area contributed by atoms with Crippen LogP contribution in [0.5, 0.6) is 0 Å². The summed E-state index contributed by atoms with van der Waals surface area (Å²) in [6.45, 7) is 2.11. The van der Waals surface area contributed by atoms with Gasteiger partial charge in [0.1, 0.15) is 16.2 Å². The minimum atomic E-state index is -0.361. The van der Waals surface area contributed by atoms with Crippen molar-refractivity contribution in [1.82, 2.24) is 19.1 Å². The van der Waals surface area contributed by atoms with Crippen molar-refractivity contribution in [2.24, 2.45) is 14.1 Å². The first-order valence-electron chi connectivity index (χ1n) is 9.66. The van der Waals surface area contributed by atoms with Crippen LogP contribution in [0.3, 0.4) is 0 Å². The quantitative estimate of drug-likeness (QED) is 0.498. The molecule has 1 atom stereocenters. The Bertz CT molecular complexity index is 1130. The SMILES string of the molecule is C[C@H](Sc1nc(C2CCCC2)nc2c1c(=O)n(C)c(=O)n2C)c1ccccc1. The van der Waals surface area contributed by atoms with Gasteiger partial charge in [0, 0.05) is 25.3 Å². The van der Waals surface area contributed by atoms with Gasteiger partial charge in [0.15, 0.2) is 5.65 Å². The highest BCUT2D eigenvalue weighted by atomic mass is 32.2. The van der Waals surface area contributed by atoms with E-state index < -0.39 is 0 Å². The second kappa shape index (κ2) is 7.54. The summed E-state index contributed by atoms with van der Waals surface area (Å²) in [4.78, 5) is 34.9. The molecule has 146 valence electrons. The van der Waals surface area contributed by atoms with Crippen molar-refractivity contribution < 1.29 is 0 Å². The Morgan fingerprint density at radius 1 is 1.04 bits per heavy atom. The van der Waals surface area contributed by atoms with Crippen LogP contribution in [0.15, 0.2) is 44.9 Å². The summed E-state index contributed by atoms with van der Waals surface area (Å²) >= 11 is 1.56. The minimum absolute atomic E-state index is 0.123. The van der Waals surface area contributed by atoms with Gasteiger partial charge in [-0.1, -0.05) is 54.9 Å². The van der Waals surface area contributed by atoms with Gasteiger partial charge in [0.2, 0.25) is 0 Å². The lowest BCUT2D eigenvalue weighted by Crippen LogP contribution is -2.38. The summed E-state index contributed by atoms with van der Waals surface area (Å²) in [6, 6.07) is 10.2. The van der Waals surface area contributed by atoms with E-state index in [4.69, 9.17) is 4.98 Å². The second-order valence-corrected chi connectivity index (χ2v) is 8.77. The van der Waals surface area contributed by atoms with Gasteiger partial charge in [-0.2, -0.15) is 0 Å². The van der Waals surface area contributed by atoms with Crippen molar-refractivity contribution in [3.05, 3.63) is 62.6 Å². The highest BCUT2D eigenvalue weighted by Crippen LogP contribution is 2.38. The summed E-state index contributed by atoms with van der Waals surface area (Å²) in [5.74, 6) is 1.06. The summed E-state index contributed by atoms with van der Waals surface area (Å²) in [5.41, 5.74) is 0.913. The molecule has 2 heterocycles. The number of hydrogen-bond donors (Lipinski definition) is 0. The molecule has 7 heteroatoms. The lowest BCUT2D eigenvalue weighted by atomic mass is 10.1. The van der Waals surface area contributed by atoms with Crippen LogP contribution in [0.1, 0.15) is 55.2 Å². The highest BCUT2D eigenvalue weighted by Gasteiger charge is 2.25. The fourth-order valence-electron chi connectivity index (χ4n) is 3.86. The molecule has 0 aliphatic heterocycles. The molecule has 4 rings (SSSR count). The van der Waals surface area contributed by atoms with E-state index >= 15 is 0 Å². The first-order valence-corrected chi connectivity index (χ1v) is 10.5. The van der Waals surface area contributed by atoms with Crippen LogP contribution in [0, 0.1) is 0 Å². The van der Waals surface area contributed by atoms with E-state index in [1.54, 1.807) is 18.8 Å². The third kappa shape index (κ3) is 3.28. The van der Waals surface area contributed by atoms with E-state index in [1.807, 2.05) is 18.2 Å². The van der Waals surface area contributed by atoms with Crippen LogP contribution in [0.2, 0.25) is 0 Å². The molecule has 0 N–H and O–H groups in total. The van der Waals surface area contributed by atoms with Crippen molar-refractivity contribution in [3.63, 3.8) is 0 Å². The smallest absolute Gasteiger partial charge is 0.280 e. The Hall–Kier alpha value is -2.41. The Labute approximate surface area is 167 Å². The molecule has 28 heavy (non-hydrogen) atoms. The summed E-state index contributed by atoms with van der Waals surface area (Å²) < 4.78 is 2.60. The highest BCUT2D eigenvalue weighted by molar-refractivity contribution is 7.99. The average molecular weight is 397 g/mol. The van der Waals surface area contributed by atoms with E-state index in [9.17, 15) is 9.59 Å². The third-order valence-electron chi connectivity index (χ3n) is 5.56. The number of nitrogens with zero attached hydrogens (tertiary/aromatic N) is 4. The Kier molecular flexibility index (Phi) is 5.10. The summed E-state index contributed by atoms with van der Waals surface area (Å²) in [6.07, 6.45) is 4.46.